The van der Waals surface area contributed by atoms with Crippen LogP contribution in [0, 0.1) is 0 Å². The minimum Gasteiger partial charge on any atom is -0.390 e. The topological polar surface area (TPSA) is 60.9 Å². The fourth-order valence-electron chi connectivity index (χ4n) is 1.40. The lowest BCUT2D eigenvalue weighted by atomic mass is 10.1. The molecule has 11 heavy (non-hydrogen) atoms. The van der Waals surface area contributed by atoms with Crippen molar-refractivity contribution in [3.8, 4) is 0 Å². The van der Waals surface area contributed by atoms with E-state index < -0.39 is 0 Å². The number of aryl methyl sites for hydroxylation is 1. The Bertz CT molecular complexity index is 243. The molecule has 0 amide bonds. The molecule has 0 fully saturated rings. The van der Waals surface area contributed by atoms with E-state index in [1.54, 1.807) is 0 Å². The van der Waals surface area contributed by atoms with Crippen LogP contribution in [-0.4, -0.2) is 21.8 Å². The molecule has 0 spiro atoms. The van der Waals surface area contributed by atoms with Crippen molar-refractivity contribution in [3.05, 3.63) is 11.4 Å². The lowest BCUT2D eigenvalue weighted by Crippen LogP contribution is -2.11. The van der Waals surface area contributed by atoms with Crippen LogP contribution in [-0.2, 0) is 13.0 Å². The Morgan fingerprint density at radius 1 is 1.55 bits per heavy atom. The average molecular weight is 153 g/mol. The van der Waals surface area contributed by atoms with Gasteiger partial charge in [-0.3, -0.25) is 5.10 Å². The Kier molecular flexibility index (Phi) is 1.54. The van der Waals surface area contributed by atoms with Crippen molar-refractivity contribution >= 4 is 5.69 Å². The number of aromatic amines is 1. The zero-order valence-corrected chi connectivity index (χ0v) is 6.22. The first-order valence-electron chi connectivity index (χ1n) is 3.82. The summed E-state index contributed by atoms with van der Waals surface area (Å²) < 4.78 is 0. The lowest BCUT2D eigenvalue weighted by molar-refractivity contribution is 0.277. The Morgan fingerprint density at radius 3 is 3.27 bits per heavy atom. The molecule has 0 saturated carbocycles. The highest BCUT2D eigenvalue weighted by Crippen LogP contribution is 2.22. The highest BCUT2D eigenvalue weighted by atomic mass is 16.3. The van der Waals surface area contributed by atoms with Gasteiger partial charge in [0.05, 0.1) is 18.0 Å². The van der Waals surface area contributed by atoms with E-state index in [-0.39, 0.29) is 6.61 Å². The van der Waals surface area contributed by atoms with Crippen molar-refractivity contribution in [2.75, 3.05) is 11.9 Å². The van der Waals surface area contributed by atoms with Gasteiger partial charge in [0.15, 0.2) is 0 Å². The molecule has 0 unspecified atom stereocenters. The van der Waals surface area contributed by atoms with Crippen molar-refractivity contribution in [1.29, 1.82) is 0 Å². The van der Waals surface area contributed by atoms with Gasteiger partial charge in [0.2, 0.25) is 0 Å². The van der Waals surface area contributed by atoms with Gasteiger partial charge in [0.1, 0.15) is 5.69 Å². The van der Waals surface area contributed by atoms with Gasteiger partial charge in [0, 0.05) is 6.54 Å². The van der Waals surface area contributed by atoms with Crippen LogP contribution in [0.2, 0.25) is 0 Å². The van der Waals surface area contributed by atoms with Crippen LogP contribution in [0.3, 0.4) is 0 Å². The van der Waals surface area contributed by atoms with Gasteiger partial charge < -0.3 is 10.4 Å². The fraction of sp³-hybridized carbons (Fsp3) is 0.571. The van der Waals surface area contributed by atoms with Crippen LogP contribution in [0.1, 0.15) is 17.8 Å². The minimum atomic E-state index is 0.0127. The van der Waals surface area contributed by atoms with E-state index in [0.29, 0.717) is 0 Å². The maximum atomic E-state index is 8.86. The molecule has 1 aromatic rings. The molecule has 1 aromatic heterocycles. The summed E-state index contributed by atoms with van der Waals surface area (Å²) in [5.74, 6) is 0. The number of rotatable bonds is 1. The largest absolute Gasteiger partial charge is 0.390 e. The maximum absolute atomic E-state index is 8.86. The predicted octanol–water partition coefficient (Wildman–Crippen LogP) is 0.260. The summed E-state index contributed by atoms with van der Waals surface area (Å²) in [5.41, 5.74) is 2.87. The third kappa shape index (κ3) is 0.991. The fourth-order valence-corrected chi connectivity index (χ4v) is 1.40. The summed E-state index contributed by atoms with van der Waals surface area (Å²) in [5, 5.41) is 19.0. The number of aliphatic hydroxyl groups is 1. The van der Waals surface area contributed by atoms with Crippen molar-refractivity contribution in [1.82, 2.24) is 10.2 Å². The molecule has 60 valence electrons. The van der Waals surface area contributed by atoms with Crippen molar-refractivity contribution in [3.63, 3.8) is 0 Å². The summed E-state index contributed by atoms with van der Waals surface area (Å²) in [6, 6.07) is 0. The minimum absolute atomic E-state index is 0.0127. The van der Waals surface area contributed by atoms with Crippen LogP contribution in [0.5, 0.6) is 0 Å². The molecule has 0 atom stereocenters. The van der Waals surface area contributed by atoms with E-state index in [0.717, 1.165) is 36.5 Å². The van der Waals surface area contributed by atoms with Gasteiger partial charge >= 0.3 is 0 Å². The van der Waals surface area contributed by atoms with Gasteiger partial charge in [-0.15, -0.1) is 0 Å². The molecule has 0 aliphatic carbocycles. The van der Waals surface area contributed by atoms with E-state index in [4.69, 9.17) is 5.11 Å². The van der Waals surface area contributed by atoms with E-state index in [2.05, 4.69) is 15.5 Å². The SMILES string of the molecule is OCc1n[nH]c2c1NCCC2. The van der Waals surface area contributed by atoms with Crippen LogP contribution in [0.25, 0.3) is 0 Å². The molecule has 0 saturated heterocycles. The van der Waals surface area contributed by atoms with E-state index in [1.807, 2.05) is 0 Å². The van der Waals surface area contributed by atoms with Crippen LogP contribution >= 0.6 is 0 Å². The van der Waals surface area contributed by atoms with E-state index in [1.165, 1.54) is 0 Å². The quantitative estimate of drug-likeness (QED) is 0.542. The molecule has 2 rings (SSSR count). The zero-order chi connectivity index (χ0) is 7.68. The van der Waals surface area contributed by atoms with Gasteiger partial charge in [-0.05, 0) is 12.8 Å². The molecule has 1 aliphatic rings. The molecule has 4 heteroatoms. The first-order chi connectivity index (χ1) is 5.42. The number of aliphatic hydroxyl groups excluding tert-OH is 1. The van der Waals surface area contributed by atoms with Gasteiger partial charge in [-0.25, -0.2) is 0 Å². The predicted molar refractivity (Wildman–Crippen MR) is 41.3 cm³/mol. The van der Waals surface area contributed by atoms with Crippen molar-refractivity contribution in [2.45, 2.75) is 19.4 Å². The van der Waals surface area contributed by atoms with Gasteiger partial charge in [-0.1, -0.05) is 0 Å². The number of hydrogen-bond acceptors (Lipinski definition) is 3. The molecular formula is C7H11N3O. The number of nitrogens with zero attached hydrogens (tertiary/aromatic N) is 1. The molecule has 0 radical (unpaired) electrons. The summed E-state index contributed by atoms with van der Waals surface area (Å²) in [6.45, 7) is 0.998. The smallest absolute Gasteiger partial charge is 0.111 e. The molecule has 1 aliphatic heterocycles. The second kappa shape index (κ2) is 2.54. The zero-order valence-electron chi connectivity index (χ0n) is 6.22. The Labute approximate surface area is 64.6 Å². The maximum Gasteiger partial charge on any atom is 0.111 e. The third-order valence-corrected chi connectivity index (χ3v) is 1.97. The lowest BCUT2D eigenvalue weighted by Gasteiger charge is -2.13. The molecule has 4 nitrogen and oxygen atoms in total. The second-order valence-corrected chi connectivity index (χ2v) is 2.71. The summed E-state index contributed by atoms with van der Waals surface area (Å²) in [7, 11) is 0. The number of hydrogen-bond donors (Lipinski definition) is 3. The van der Waals surface area contributed by atoms with Gasteiger partial charge in [-0.2, -0.15) is 5.10 Å². The number of nitrogens with one attached hydrogen (secondary N) is 2. The van der Waals surface area contributed by atoms with E-state index >= 15 is 0 Å². The second-order valence-electron chi connectivity index (χ2n) is 2.71. The third-order valence-electron chi connectivity index (χ3n) is 1.97. The number of H-pyrrole nitrogens is 1. The Balaban J connectivity index is 2.38. The van der Waals surface area contributed by atoms with Crippen LogP contribution < -0.4 is 5.32 Å². The number of fused-ring (bicyclic) bond motifs is 1. The van der Waals surface area contributed by atoms with Crippen LogP contribution in [0.15, 0.2) is 0 Å². The summed E-state index contributed by atoms with van der Waals surface area (Å²) >= 11 is 0. The van der Waals surface area contributed by atoms with Gasteiger partial charge in [0.25, 0.3) is 0 Å². The highest BCUT2D eigenvalue weighted by Gasteiger charge is 2.14. The molecule has 0 aromatic carbocycles. The Hall–Kier alpha value is -1.03. The number of anilines is 1. The molecule has 3 N–H and O–H groups in total. The highest BCUT2D eigenvalue weighted by molar-refractivity contribution is 5.53. The average Bonchev–Trinajstić information content (AvgIpc) is 2.47. The molecule has 0 bridgehead atoms. The van der Waals surface area contributed by atoms with Crippen molar-refractivity contribution < 1.29 is 5.11 Å². The Morgan fingerprint density at radius 2 is 2.45 bits per heavy atom. The van der Waals surface area contributed by atoms with Crippen LogP contribution in [0.4, 0.5) is 5.69 Å². The van der Waals surface area contributed by atoms with E-state index in [9.17, 15) is 0 Å². The summed E-state index contributed by atoms with van der Waals surface area (Å²) in [4.78, 5) is 0. The van der Waals surface area contributed by atoms with Crippen molar-refractivity contribution in [2.24, 2.45) is 0 Å². The molecular weight excluding hydrogens is 142 g/mol. The monoisotopic (exact) mass is 153 g/mol. The first kappa shape index (κ1) is 6.67. The summed E-state index contributed by atoms with van der Waals surface area (Å²) in [6.07, 6.45) is 2.18. The normalized spacial score (nSPS) is 15.7. The number of aromatic nitrogens is 2. The standard InChI is InChI=1S/C7H11N3O/c11-4-6-7-5(9-10-6)2-1-3-8-7/h8,11H,1-4H2,(H,9,10). The first-order valence-corrected chi connectivity index (χ1v) is 3.82. The molecule has 2 heterocycles.